The van der Waals surface area contributed by atoms with Crippen molar-refractivity contribution in [3.63, 3.8) is 0 Å². The fourth-order valence-electron chi connectivity index (χ4n) is 2.65. The highest BCUT2D eigenvalue weighted by atomic mass is 16.6. The Morgan fingerprint density at radius 1 is 1.33 bits per heavy atom. The molecule has 2 fully saturated rings. The Labute approximate surface area is 108 Å². The standard InChI is InChI=1S/C13H23NO4/c1-13(2,3)18-12(16)14-6-10-4-9(8-15)5-11(7-14)17-10/h9-11,15H,4-8H2,1-3H3. The normalized spacial score (nSPS) is 32.2. The Morgan fingerprint density at radius 3 is 2.33 bits per heavy atom. The Bertz CT molecular complexity index is 299. The van der Waals surface area contributed by atoms with E-state index in [1.807, 2.05) is 20.8 Å². The molecule has 0 aliphatic carbocycles. The summed E-state index contributed by atoms with van der Waals surface area (Å²) in [5.74, 6) is 0.314. The molecular formula is C13H23NO4. The van der Waals surface area contributed by atoms with Crippen LogP contribution in [-0.2, 0) is 9.47 Å². The van der Waals surface area contributed by atoms with Gasteiger partial charge >= 0.3 is 6.09 Å². The van der Waals surface area contributed by atoms with E-state index in [0.29, 0.717) is 19.0 Å². The summed E-state index contributed by atoms with van der Waals surface area (Å²) >= 11 is 0. The van der Waals surface area contributed by atoms with E-state index in [1.165, 1.54) is 0 Å². The summed E-state index contributed by atoms with van der Waals surface area (Å²) in [4.78, 5) is 13.7. The Hall–Kier alpha value is -0.810. The van der Waals surface area contributed by atoms with Gasteiger partial charge in [-0.2, -0.15) is 0 Å². The van der Waals surface area contributed by atoms with Crippen LogP contribution in [0.2, 0.25) is 0 Å². The van der Waals surface area contributed by atoms with Crippen LogP contribution in [0.5, 0.6) is 0 Å². The molecule has 0 aromatic carbocycles. The van der Waals surface area contributed by atoms with Crippen molar-refractivity contribution < 1.29 is 19.4 Å². The van der Waals surface area contributed by atoms with Gasteiger partial charge in [0.25, 0.3) is 0 Å². The summed E-state index contributed by atoms with van der Waals surface area (Å²) in [6.07, 6.45) is 1.48. The van der Waals surface area contributed by atoms with Crippen molar-refractivity contribution in [2.75, 3.05) is 19.7 Å². The predicted molar refractivity (Wildman–Crippen MR) is 66.3 cm³/mol. The van der Waals surface area contributed by atoms with Crippen molar-refractivity contribution >= 4 is 6.09 Å². The maximum absolute atomic E-state index is 12.0. The first-order valence-electron chi connectivity index (χ1n) is 6.61. The molecule has 5 heteroatoms. The molecule has 0 aromatic heterocycles. The largest absolute Gasteiger partial charge is 0.444 e. The number of carbonyl (C=O) groups excluding carboxylic acids is 1. The molecule has 0 spiro atoms. The summed E-state index contributed by atoms with van der Waals surface area (Å²) in [5, 5.41) is 9.21. The lowest BCUT2D eigenvalue weighted by Crippen LogP contribution is -2.54. The molecule has 2 atom stereocenters. The van der Waals surface area contributed by atoms with Crippen molar-refractivity contribution in [3.8, 4) is 0 Å². The minimum Gasteiger partial charge on any atom is -0.444 e. The molecule has 5 nitrogen and oxygen atoms in total. The number of likely N-dealkylation sites (tertiary alicyclic amines) is 1. The predicted octanol–water partition coefficient (Wildman–Crippen LogP) is 1.39. The van der Waals surface area contributed by atoms with Gasteiger partial charge in [0, 0.05) is 6.61 Å². The second-order valence-electron chi connectivity index (χ2n) is 6.29. The zero-order valence-electron chi connectivity index (χ0n) is 11.4. The SMILES string of the molecule is CC(C)(C)OC(=O)N1CC2CC(CO)CC(C1)O2. The number of fused-ring (bicyclic) bond motifs is 2. The first-order chi connectivity index (χ1) is 8.37. The molecule has 1 N–H and O–H groups in total. The second kappa shape index (κ2) is 5.05. The number of ether oxygens (including phenoxy) is 2. The van der Waals surface area contributed by atoms with Gasteiger partial charge < -0.3 is 19.5 Å². The molecule has 2 heterocycles. The summed E-state index contributed by atoms with van der Waals surface area (Å²) in [5.41, 5.74) is -0.460. The first-order valence-corrected chi connectivity index (χ1v) is 6.61. The molecule has 2 saturated heterocycles. The quantitative estimate of drug-likeness (QED) is 0.771. The van der Waals surface area contributed by atoms with E-state index in [-0.39, 0.29) is 24.9 Å². The van der Waals surface area contributed by atoms with Crippen LogP contribution in [0.15, 0.2) is 0 Å². The molecule has 1 amide bonds. The second-order valence-corrected chi connectivity index (χ2v) is 6.29. The molecular weight excluding hydrogens is 234 g/mol. The van der Waals surface area contributed by atoms with Gasteiger partial charge in [-0.1, -0.05) is 0 Å². The van der Waals surface area contributed by atoms with Crippen LogP contribution in [0.4, 0.5) is 4.79 Å². The van der Waals surface area contributed by atoms with Crippen molar-refractivity contribution in [1.29, 1.82) is 0 Å². The monoisotopic (exact) mass is 257 g/mol. The zero-order chi connectivity index (χ0) is 13.3. The molecule has 2 rings (SSSR count). The molecule has 0 radical (unpaired) electrons. The topological polar surface area (TPSA) is 59.0 Å². The third kappa shape index (κ3) is 3.36. The average Bonchev–Trinajstić information content (AvgIpc) is 2.25. The molecule has 2 aliphatic heterocycles. The van der Waals surface area contributed by atoms with Crippen LogP contribution in [0.1, 0.15) is 33.6 Å². The summed E-state index contributed by atoms with van der Waals surface area (Å²) < 4.78 is 11.2. The molecule has 2 unspecified atom stereocenters. The van der Waals surface area contributed by atoms with E-state index in [1.54, 1.807) is 4.90 Å². The van der Waals surface area contributed by atoms with E-state index in [2.05, 4.69) is 0 Å². The van der Waals surface area contributed by atoms with E-state index >= 15 is 0 Å². The number of hydrogen-bond acceptors (Lipinski definition) is 4. The molecule has 2 bridgehead atoms. The summed E-state index contributed by atoms with van der Waals surface area (Å²) in [7, 11) is 0. The fraction of sp³-hybridized carbons (Fsp3) is 0.923. The maximum Gasteiger partial charge on any atom is 0.410 e. The molecule has 104 valence electrons. The number of rotatable bonds is 1. The fourth-order valence-corrected chi connectivity index (χ4v) is 2.65. The van der Waals surface area contributed by atoms with Crippen LogP contribution in [0.3, 0.4) is 0 Å². The minimum atomic E-state index is -0.460. The Kier molecular flexibility index (Phi) is 3.82. The van der Waals surface area contributed by atoms with Crippen molar-refractivity contribution in [2.45, 2.75) is 51.4 Å². The van der Waals surface area contributed by atoms with Gasteiger partial charge in [-0.15, -0.1) is 0 Å². The highest BCUT2D eigenvalue weighted by Crippen LogP contribution is 2.30. The van der Waals surface area contributed by atoms with Crippen LogP contribution >= 0.6 is 0 Å². The summed E-state index contributed by atoms with van der Waals surface area (Å²) in [6, 6.07) is 0. The lowest BCUT2D eigenvalue weighted by Gasteiger charge is -2.44. The van der Waals surface area contributed by atoms with Gasteiger partial charge in [0.05, 0.1) is 25.3 Å². The van der Waals surface area contributed by atoms with Gasteiger partial charge in [-0.3, -0.25) is 0 Å². The third-order valence-electron chi connectivity index (χ3n) is 3.34. The number of carbonyl (C=O) groups is 1. The number of aliphatic hydroxyl groups excluding tert-OH is 1. The number of hydrogen-bond donors (Lipinski definition) is 1. The van der Waals surface area contributed by atoms with Crippen molar-refractivity contribution in [2.24, 2.45) is 5.92 Å². The highest BCUT2D eigenvalue weighted by Gasteiger charge is 2.38. The number of morpholine rings is 1. The van der Waals surface area contributed by atoms with Gasteiger partial charge in [0.15, 0.2) is 0 Å². The van der Waals surface area contributed by atoms with Gasteiger partial charge in [0.1, 0.15) is 5.60 Å². The van der Waals surface area contributed by atoms with Crippen molar-refractivity contribution in [1.82, 2.24) is 4.90 Å². The van der Waals surface area contributed by atoms with Crippen LogP contribution in [-0.4, -0.2) is 53.6 Å². The highest BCUT2D eigenvalue weighted by molar-refractivity contribution is 5.68. The molecule has 0 aromatic rings. The lowest BCUT2D eigenvalue weighted by atomic mass is 9.89. The van der Waals surface area contributed by atoms with Crippen LogP contribution < -0.4 is 0 Å². The lowest BCUT2D eigenvalue weighted by molar-refractivity contribution is -0.132. The van der Waals surface area contributed by atoms with Crippen molar-refractivity contribution in [3.05, 3.63) is 0 Å². The van der Waals surface area contributed by atoms with Gasteiger partial charge in [-0.05, 0) is 39.5 Å². The first kappa shape index (κ1) is 13.6. The Balaban J connectivity index is 1.92. The summed E-state index contributed by atoms with van der Waals surface area (Å²) in [6.45, 7) is 6.96. The van der Waals surface area contributed by atoms with Crippen LogP contribution in [0.25, 0.3) is 0 Å². The van der Waals surface area contributed by atoms with E-state index in [9.17, 15) is 9.90 Å². The molecule has 0 saturated carbocycles. The molecule has 18 heavy (non-hydrogen) atoms. The third-order valence-corrected chi connectivity index (χ3v) is 3.34. The van der Waals surface area contributed by atoms with Gasteiger partial charge in [0.2, 0.25) is 0 Å². The number of aliphatic hydroxyl groups is 1. The molecule has 2 aliphatic rings. The van der Waals surface area contributed by atoms with E-state index in [4.69, 9.17) is 9.47 Å². The smallest absolute Gasteiger partial charge is 0.410 e. The number of nitrogens with zero attached hydrogens (tertiary/aromatic N) is 1. The van der Waals surface area contributed by atoms with E-state index < -0.39 is 5.60 Å². The average molecular weight is 257 g/mol. The minimum absolute atomic E-state index is 0.0437. The van der Waals surface area contributed by atoms with Gasteiger partial charge in [-0.25, -0.2) is 4.79 Å². The number of amides is 1. The maximum atomic E-state index is 12.0. The Morgan fingerprint density at radius 2 is 1.89 bits per heavy atom. The van der Waals surface area contributed by atoms with E-state index in [0.717, 1.165) is 12.8 Å². The zero-order valence-corrected chi connectivity index (χ0v) is 11.4. The van der Waals surface area contributed by atoms with Crippen LogP contribution in [0, 0.1) is 5.92 Å².